The van der Waals surface area contributed by atoms with E-state index in [1.165, 1.54) is 12.8 Å². The predicted octanol–water partition coefficient (Wildman–Crippen LogP) is 2.68. The molecule has 1 aromatic heterocycles. The number of anilines is 2. The van der Waals surface area contributed by atoms with Crippen molar-refractivity contribution in [1.82, 2.24) is 9.97 Å². The van der Waals surface area contributed by atoms with Crippen molar-refractivity contribution in [3.63, 3.8) is 0 Å². The van der Waals surface area contributed by atoms with Crippen molar-refractivity contribution in [2.45, 2.75) is 57.6 Å². The predicted molar refractivity (Wildman–Crippen MR) is 80.3 cm³/mol. The minimum absolute atomic E-state index is 0.329. The fraction of sp³-hybridized carbons (Fsp3) is 0.733. The fourth-order valence-corrected chi connectivity index (χ4v) is 2.76. The summed E-state index contributed by atoms with van der Waals surface area (Å²) in [6, 6.07) is 0.448. The van der Waals surface area contributed by atoms with Crippen LogP contribution < -0.4 is 10.6 Å². The van der Waals surface area contributed by atoms with Crippen LogP contribution >= 0.6 is 0 Å². The van der Waals surface area contributed by atoms with E-state index in [1.807, 2.05) is 7.05 Å². The standard InChI is InChI=1S/C15H24N4O/c1-9-8-12(6-7-20-9)17-14-10(2)13(16-3)18-15(19-14)11-4-5-11/h9,11-12H,4-8H2,1-3H3,(H2,16,17,18,19). The van der Waals surface area contributed by atoms with Gasteiger partial charge < -0.3 is 15.4 Å². The Kier molecular flexibility index (Phi) is 3.78. The van der Waals surface area contributed by atoms with Gasteiger partial charge in [0.2, 0.25) is 0 Å². The lowest BCUT2D eigenvalue weighted by Gasteiger charge is -2.29. The summed E-state index contributed by atoms with van der Waals surface area (Å²) < 4.78 is 5.61. The number of hydrogen-bond donors (Lipinski definition) is 2. The molecule has 110 valence electrons. The SMILES string of the molecule is CNc1nc(C2CC2)nc(NC2CCOC(C)C2)c1C. The van der Waals surface area contributed by atoms with Gasteiger partial charge in [0, 0.05) is 31.2 Å². The highest BCUT2D eigenvalue weighted by Gasteiger charge is 2.29. The van der Waals surface area contributed by atoms with Crippen LogP contribution in [0.1, 0.15) is 49.9 Å². The van der Waals surface area contributed by atoms with Gasteiger partial charge in [-0.1, -0.05) is 0 Å². The molecule has 1 aliphatic heterocycles. The van der Waals surface area contributed by atoms with Gasteiger partial charge in [-0.05, 0) is 39.5 Å². The molecule has 0 radical (unpaired) electrons. The molecule has 20 heavy (non-hydrogen) atoms. The molecule has 2 atom stereocenters. The van der Waals surface area contributed by atoms with Crippen LogP contribution in [0.15, 0.2) is 0 Å². The van der Waals surface area contributed by atoms with Crippen molar-refractivity contribution in [3.05, 3.63) is 11.4 Å². The topological polar surface area (TPSA) is 59.1 Å². The van der Waals surface area contributed by atoms with Gasteiger partial charge in [-0.2, -0.15) is 0 Å². The molecule has 2 unspecified atom stereocenters. The molecule has 0 bridgehead atoms. The first-order valence-corrected chi connectivity index (χ1v) is 7.61. The van der Waals surface area contributed by atoms with E-state index < -0.39 is 0 Å². The van der Waals surface area contributed by atoms with Crippen LogP contribution in [-0.4, -0.2) is 35.8 Å². The molecule has 5 heteroatoms. The zero-order valence-electron chi connectivity index (χ0n) is 12.6. The van der Waals surface area contributed by atoms with E-state index in [4.69, 9.17) is 9.72 Å². The maximum Gasteiger partial charge on any atom is 0.136 e. The number of ether oxygens (including phenoxy) is 1. The third-order valence-electron chi connectivity index (χ3n) is 4.17. The van der Waals surface area contributed by atoms with Crippen molar-refractivity contribution in [2.24, 2.45) is 0 Å². The molecular formula is C15H24N4O. The van der Waals surface area contributed by atoms with E-state index in [1.54, 1.807) is 0 Å². The van der Waals surface area contributed by atoms with Crippen molar-refractivity contribution in [3.8, 4) is 0 Å². The number of nitrogens with zero attached hydrogens (tertiary/aromatic N) is 2. The first-order valence-electron chi connectivity index (χ1n) is 7.61. The lowest BCUT2D eigenvalue weighted by atomic mass is 10.0. The first-order chi connectivity index (χ1) is 9.67. The van der Waals surface area contributed by atoms with Gasteiger partial charge in [0.15, 0.2) is 0 Å². The van der Waals surface area contributed by atoms with E-state index in [0.29, 0.717) is 18.1 Å². The van der Waals surface area contributed by atoms with Gasteiger partial charge in [0.1, 0.15) is 17.5 Å². The molecule has 0 spiro atoms. The zero-order valence-corrected chi connectivity index (χ0v) is 12.6. The summed E-state index contributed by atoms with van der Waals surface area (Å²) in [5.41, 5.74) is 1.11. The van der Waals surface area contributed by atoms with E-state index in [9.17, 15) is 0 Å². The minimum atomic E-state index is 0.329. The molecule has 0 aromatic carbocycles. The average Bonchev–Trinajstić information content (AvgIpc) is 3.25. The van der Waals surface area contributed by atoms with E-state index in [2.05, 4.69) is 29.5 Å². The van der Waals surface area contributed by atoms with E-state index in [-0.39, 0.29) is 0 Å². The van der Waals surface area contributed by atoms with Gasteiger partial charge in [-0.15, -0.1) is 0 Å². The van der Waals surface area contributed by atoms with Crippen LogP contribution in [0.3, 0.4) is 0 Å². The number of nitrogens with one attached hydrogen (secondary N) is 2. The largest absolute Gasteiger partial charge is 0.378 e. The summed E-state index contributed by atoms with van der Waals surface area (Å²) in [4.78, 5) is 9.39. The Morgan fingerprint density at radius 3 is 2.55 bits per heavy atom. The molecular weight excluding hydrogens is 252 g/mol. The van der Waals surface area contributed by atoms with Crippen molar-refractivity contribution in [1.29, 1.82) is 0 Å². The van der Waals surface area contributed by atoms with Crippen LogP contribution in [0.2, 0.25) is 0 Å². The number of aromatic nitrogens is 2. The van der Waals surface area contributed by atoms with Gasteiger partial charge in [0.05, 0.1) is 6.10 Å². The summed E-state index contributed by atoms with van der Waals surface area (Å²) in [5.74, 6) is 3.49. The molecule has 1 saturated carbocycles. The maximum absolute atomic E-state index is 5.61. The Labute approximate surface area is 120 Å². The quantitative estimate of drug-likeness (QED) is 0.885. The Morgan fingerprint density at radius 1 is 1.15 bits per heavy atom. The average molecular weight is 276 g/mol. The van der Waals surface area contributed by atoms with Gasteiger partial charge in [-0.25, -0.2) is 9.97 Å². The maximum atomic E-state index is 5.61. The van der Waals surface area contributed by atoms with Gasteiger partial charge >= 0.3 is 0 Å². The van der Waals surface area contributed by atoms with Crippen LogP contribution in [0.25, 0.3) is 0 Å². The first kappa shape index (κ1) is 13.6. The van der Waals surface area contributed by atoms with E-state index >= 15 is 0 Å². The second-order valence-corrected chi connectivity index (χ2v) is 5.98. The lowest BCUT2D eigenvalue weighted by Crippen LogP contribution is -2.33. The summed E-state index contributed by atoms with van der Waals surface area (Å²) in [6.45, 7) is 5.04. The monoisotopic (exact) mass is 276 g/mol. The second-order valence-electron chi connectivity index (χ2n) is 5.98. The normalized spacial score (nSPS) is 26.4. The molecule has 1 saturated heterocycles. The fourth-order valence-electron chi connectivity index (χ4n) is 2.76. The highest BCUT2D eigenvalue weighted by atomic mass is 16.5. The summed E-state index contributed by atoms with van der Waals surface area (Å²) >= 11 is 0. The third kappa shape index (κ3) is 2.87. The van der Waals surface area contributed by atoms with Gasteiger partial charge in [-0.3, -0.25) is 0 Å². The molecule has 3 rings (SSSR count). The number of hydrogen-bond acceptors (Lipinski definition) is 5. The Hall–Kier alpha value is -1.36. The number of rotatable bonds is 4. The van der Waals surface area contributed by atoms with Crippen molar-refractivity contribution >= 4 is 11.6 Å². The molecule has 1 aromatic rings. The third-order valence-corrected chi connectivity index (χ3v) is 4.17. The van der Waals surface area contributed by atoms with Gasteiger partial charge in [0.25, 0.3) is 0 Å². The smallest absolute Gasteiger partial charge is 0.136 e. The lowest BCUT2D eigenvalue weighted by molar-refractivity contribution is 0.0231. The molecule has 2 N–H and O–H groups in total. The highest BCUT2D eigenvalue weighted by molar-refractivity contribution is 5.57. The minimum Gasteiger partial charge on any atom is -0.378 e. The molecule has 2 aliphatic rings. The summed E-state index contributed by atoms with van der Waals surface area (Å²) in [5, 5.41) is 6.80. The van der Waals surface area contributed by atoms with Crippen molar-refractivity contribution in [2.75, 3.05) is 24.3 Å². The Morgan fingerprint density at radius 2 is 1.90 bits per heavy atom. The van der Waals surface area contributed by atoms with E-state index in [0.717, 1.165) is 42.5 Å². The zero-order chi connectivity index (χ0) is 14.1. The molecule has 1 aliphatic carbocycles. The molecule has 0 amide bonds. The van der Waals surface area contributed by atoms with Crippen molar-refractivity contribution < 1.29 is 4.74 Å². The Bertz CT molecular complexity index is 487. The van der Waals surface area contributed by atoms with Crippen LogP contribution in [-0.2, 0) is 4.74 Å². The van der Waals surface area contributed by atoms with Crippen LogP contribution in [0.4, 0.5) is 11.6 Å². The van der Waals surface area contributed by atoms with Crippen LogP contribution in [0.5, 0.6) is 0 Å². The summed E-state index contributed by atoms with van der Waals surface area (Å²) in [6.07, 6.45) is 4.85. The molecule has 2 heterocycles. The highest BCUT2D eigenvalue weighted by Crippen LogP contribution is 2.39. The second kappa shape index (κ2) is 5.56. The molecule has 2 fully saturated rings. The molecule has 5 nitrogen and oxygen atoms in total. The summed E-state index contributed by atoms with van der Waals surface area (Å²) in [7, 11) is 1.92. The Balaban J connectivity index is 1.81. The van der Waals surface area contributed by atoms with Crippen LogP contribution in [0, 0.1) is 6.92 Å².